The zero-order valence-electron chi connectivity index (χ0n) is 15.7. The summed E-state index contributed by atoms with van der Waals surface area (Å²) in [4.78, 5) is 0. The summed E-state index contributed by atoms with van der Waals surface area (Å²) in [6.45, 7) is 6.69. The minimum atomic E-state index is 1.09. The Morgan fingerprint density at radius 1 is 0.500 bits per heavy atom. The molecule has 0 spiro atoms. The van der Waals surface area contributed by atoms with Crippen LogP contribution in [-0.2, 0) is 0 Å². The van der Waals surface area contributed by atoms with Crippen LogP contribution in [-0.4, -0.2) is 34.7 Å². The Morgan fingerprint density at radius 2 is 0.958 bits per heavy atom. The first kappa shape index (κ1) is 20.3. The van der Waals surface area contributed by atoms with Crippen LogP contribution in [0.1, 0.15) is 65.2 Å². The highest BCUT2D eigenvalue weighted by Gasteiger charge is 2.00. The van der Waals surface area contributed by atoms with Gasteiger partial charge in [-0.1, -0.05) is 51.7 Å². The lowest BCUT2D eigenvalue weighted by Crippen LogP contribution is -2.08. The summed E-state index contributed by atoms with van der Waals surface area (Å²) in [7, 11) is 0. The van der Waals surface area contributed by atoms with Gasteiger partial charge in [0.2, 0.25) is 0 Å². The molecule has 0 amide bonds. The molecule has 0 radical (unpaired) electrons. The van der Waals surface area contributed by atoms with Gasteiger partial charge in [0, 0.05) is 37.1 Å². The smallest absolute Gasteiger partial charge is 0.168 e. The van der Waals surface area contributed by atoms with Crippen molar-refractivity contribution in [2.24, 2.45) is 0 Å². The maximum atomic E-state index is 2.27. The van der Waals surface area contributed by atoms with Crippen LogP contribution in [0.15, 0.2) is 48.9 Å². The minimum Gasteiger partial charge on any atom is -0.205 e. The van der Waals surface area contributed by atoms with Crippen LogP contribution in [0.4, 0.5) is 0 Å². The Bertz CT molecular complexity index is 444. The summed E-state index contributed by atoms with van der Waals surface area (Å²) in [5.41, 5.74) is 0. The highest BCUT2D eigenvalue weighted by molar-refractivity contribution is 5.68. The summed E-state index contributed by atoms with van der Waals surface area (Å²) in [6, 6.07) is 0. The molecule has 24 heavy (non-hydrogen) atoms. The maximum absolute atomic E-state index is 2.27. The Kier molecular flexibility index (Phi) is 12.6. The Morgan fingerprint density at radius 3 is 1.38 bits per heavy atom. The summed E-state index contributed by atoms with van der Waals surface area (Å²) in [5, 5.41) is 0. The largest absolute Gasteiger partial charge is 0.205 e. The molecule has 1 aliphatic rings. The van der Waals surface area contributed by atoms with Gasteiger partial charge in [-0.15, -0.1) is 0 Å². The molecule has 0 unspecified atom stereocenters. The van der Waals surface area contributed by atoms with Gasteiger partial charge in [0.25, 0.3) is 0 Å². The predicted octanol–water partition coefficient (Wildman–Crippen LogP) is 5.47. The fourth-order valence-corrected chi connectivity index (χ4v) is 2.61. The molecule has 1 aliphatic heterocycles. The molecule has 0 bridgehead atoms. The Balaban J connectivity index is 2.57. The molecule has 0 fully saturated rings. The van der Waals surface area contributed by atoms with E-state index in [0.29, 0.717) is 0 Å². The van der Waals surface area contributed by atoms with Gasteiger partial charge in [0.15, 0.2) is 24.8 Å². The van der Waals surface area contributed by atoms with Crippen molar-refractivity contribution in [3.05, 3.63) is 48.9 Å². The highest BCUT2D eigenvalue weighted by Crippen LogP contribution is 2.00. The number of allylic oxidation sites excluding steroid dienone is 6. The van der Waals surface area contributed by atoms with Crippen LogP contribution in [0.25, 0.3) is 0 Å². The molecule has 0 N–H and O–H groups in total. The maximum Gasteiger partial charge on any atom is 0.168 e. The first-order chi connectivity index (χ1) is 11.9. The van der Waals surface area contributed by atoms with Gasteiger partial charge in [-0.2, -0.15) is 0 Å². The van der Waals surface area contributed by atoms with Crippen molar-refractivity contribution >= 4 is 12.4 Å². The van der Waals surface area contributed by atoms with E-state index < -0.39 is 0 Å². The van der Waals surface area contributed by atoms with E-state index in [1.807, 2.05) is 0 Å². The van der Waals surface area contributed by atoms with E-state index in [-0.39, 0.29) is 0 Å². The predicted molar refractivity (Wildman–Crippen MR) is 107 cm³/mol. The fraction of sp³-hybridized carbons (Fsp3) is 0.545. The van der Waals surface area contributed by atoms with E-state index in [4.69, 9.17) is 0 Å². The van der Waals surface area contributed by atoms with E-state index in [1.165, 1.54) is 51.4 Å². The third kappa shape index (κ3) is 10.9. The van der Waals surface area contributed by atoms with Crippen LogP contribution in [0, 0.1) is 0 Å². The average Bonchev–Trinajstić information content (AvgIpc) is 2.58. The summed E-state index contributed by atoms with van der Waals surface area (Å²) in [6.07, 6.45) is 31.8. The second kappa shape index (κ2) is 14.9. The van der Waals surface area contributed by atoms with Crippen LogP contribution >= 0.6 is 0 Å². The van der Waals surface area contributed by atoms with Crippen LogP contribution in [0.5, 0.6) is 0 Å². The third-order valence-corrected chi connectivity index (χ3v) is 4.09. The normalized spacial score (nSPS) is 24.6. The molecular formula is C22H36N2+2. The molecule has 0 saturated heterocycles. The number of unbranched alkanes of at least 4 members (excludes halogenated alkanes) is 6. The molecule has 0 aliphatic carbocycles. The monoisotopic (exact) mass is 328 g/mol. The third-order valence-electron chi connectivity index (χ3n) is 4.09. The number of hydrogen-bond donors (Lipinski definition) is 0. The molecule has 1 rings (SSSR count). The van der Waals surface area contributed by atoms with Crippen LogP contribution in [0.3, 0.4) is 0 Å². The topological polar surface area (TPSA) is 6.02 Å². The van der Waals surface area contributed by atoms with E-state index in [9.17, 15) is 0 Å². The molecule has 0 saturated carbocycles. The van der Waals surface area contributed by atoms with Crippen molar-refractivity contribution < 1.29 is 9.15 Å². The Hall–Kier alpha value is -1.70. The van der Waals surface area contributed by atoms with Gasteiger partial charge in [-0.05, 0) is 12.8 Å². The van der Waals surface area contributed by atoms with Crippen molar-refractivity contribution in [2.45, 2.75) is 65.2 Å². The molecule has 132 valence electrons. The van der Waals surface area contributed by atoms with Crippen molar-refractivity contribution in [2.75, 3.05) is 13.1 Å². The second-order valence-corrected chi connectivity index (χ2v) is 6.35. The van der Waals surface area contributed by atoms with Gasteiger partial charge in [-0.3, -0.25) is 0 Å². The molecular weight excluding hydrogens is 292 g/mol. The fourth-order valence-electron chi connectivity index (χ4n) is 2.61. The zero-order chi connectivity index (χ0) is 17.3. The van der Waals surface area contributed by atoms with Crippen LogP contribution in [0.2, 0.25) is 0 Å². The molecule has 1 heterocycles. The first-order valence-corrected chi connectivity index (χ1v) is 9.75. The lowest BCUT2D eigenvalue weighted by molar-refractivity contribution is -0.452. The second-order valence-electron chi connectivity index (χ2n) is 6.35. The van der Waals surface area contributed by atoms with Crippen molar-refractivity contribution in [1.29, 1.82) is 0 Å². The molecule has 0 atom stereocenters. The van der Waals surface area contributed by atoms with Crippen molar-refractivity contribution in [1.82, 2.24) is 0 Å². The zero-order valence-corrected chi connectivity index (χ0v) is 15.7. The van der Waals surface area contributed by atoms with Gasteiger partial charge in [0.1, 0.15) is 13.1 Å². The van der Waals surface area contributed by atoms with Gasteiger partial charge < -0.3 is 0 Å². The average molecular weight is 329 g/mol. The van der Waals surface area contributed by atoms with Crippen LogP contribution < -0.4 is 0 Å². The van der Waals surface area contributed by atoms with Crippen molar-refractivity contribution in [3.8, 4) is 0 Å². The number of nitrogens with zero attached hydrogens (tertiary/aromatic N) is 2. The van der Waals surface area contributed by atoms with Crippen molar-refractivity contribution in [3.63, 3.8) is 0 Å². The van der Waals surface area contributed by atoms with E-state index in [2.05, 4.69) is 84.3 Å². The quantitative estimate of drug-likeness (QED) is 0.371. The Labute approximate surface area is 149 Å². The standard InChI is InChI=1S/C22H36N2/c1-3-5-7-11-17-23-19-13-9-15-21-24(18-12-8-6-4-2)22-16-10-14-20-23/h9-10,13-16,19-22H,3-8,11-12,17-18H2,1-2H3/q+2/b13-9-,14-10?,15-9?,16-10+,19-13?,20-14-,21-15+,22-16?,23-19-,23-20?,24-21?,24-22-. The number of rotatable bonds is 10. The lowest BCUT2D eigenvalue weighted by Gasteiger charge is -1.98. The highest BCUT2D eigenvalue weighted by atomic mass is 15.0. The molecule has 0 aromatic rings. The van der Waals surface area contributed by atoms with E-state index >= 15 is 0 Å². The lowest BCUT2D eigenvalue weighted by atomic mass is 10.2. The SMILES string of the molecule is CCCCCC[N+]1=C/C=C\C=C\[N+](CCCCCC)=C/C=C/C=C\1. The summed E-state index contributed by atoms with van der Waals surface area (Å²) < 4.78 is 4.54. The van der Waals surface area contributed by atoms with E-state index in [0.717, 1.165) is 13.1 Å². The molecule has 2 nitrogen and oxygen atoms in total. The molecule has 0 aromatic carbocycles. The summed E-state index contributed by atoms with van der Waals surface area (Å²) in [5.74, 6) is 0. The van der Waals surface area contributed by atoms with Gasteiger partial charge in [0.05, 0.1) is 0 Å². The van der Waals surface area contributed by atoms with E-state index in [1.54, 1.807) is 0 Å². The minimum absolute atomic E-state index is 1.09. The summed E-state index contributed by atoms with van der Waals surface area (Å²) >= 11 is 0. The van der Waals surface area contributed by atoms with Gasteiger partial charge >= 0.3 is 0 Å². The first-order valence-electron chi connectivity index (χ1n) is 9.75. The molecule has 2 heteroatoms. The molecule has 0 aromatic heterocycles. The number of hydrogen-bond acceptors (Lipinski definition) is 0. The van der Waals surface area contributed by atoms with Gasteiger partial charge in [-0.25, -0.2) is 9.15 Å².